The lowest BCUT2D eigenvalue weighted by molar-refractivity contribution is 0.150. The first-order valence-electron chi connectivity index (χ1n) is 7.23. The van der Waals surface area contributed by atoms with Gasteiger partial charge in [-0.2, -0.15) is 0 Å². The molecule has 2 rings (SSSR count). The molecule has 0 fully saturated rings. The minimum atomic E-state index is 0.439. The van der Waals surface area contributed by atoms with E-state index in [2.05, 4.69) is 36.5 Å². The van der Waals surface area contributed by atoms with Crippen molar-refractivity contribution in [1.29, 1.82) is 0 Å². The highest BCUT2D eigenvalue weighted by Gasteiger charge is 2.13. The summed E-state index contributed by atoms with van der Waals surface area (Å²) in [6.45, 7) is 3.03. The summed E-state index contributed by atoms with van der Waals surface area (Å²) in [5.41, 5.74) is 2.22. The number of hydrogen-bond donors (Lipinski definition) is 1. The number of methoxy groups -OCH3 is 1. The van der Waals surface area contributed by atoms with Crippen molar-refractivity contribution in [2.24, 2.45) is 5.92 Å². The van der Waals surface area contributed by atoms with E-state index in [1.807, 2.05) is 19.2 Å². The molecule has 20 heavy (non-hydrogen) atoms. The number of fused-ring (bicyclic) bond motifs is 1. The van der Waals surface area contributed by atoms with Gasteiger partial charge in [0.25, 0.3) is 0 Å². The first-order valence-corrected chi connectivity index (χ1v) is 7.23. The fourth-order valence-corrected chi connectivity index (χ4v) is 2.62. The molecule has 1 aromatic carbocycles. The summed E-state index contributed by atoms with van der Waals surface area (Å²) < 4.78 is 5.21. The predicted octanol–water partition coefficient (Wildman–Crippen LogP) is 3.04. The first kappa shape index (κ1) is 14.9. The number of nitrogens with one attached hydrogen (secondary N) is 1. The monoisotopic (exact) mass is 272 g/mol. The Morgan fingerprint density at radius 1 is 1.20 bits per heavy atom. The molecule has 2 unspecified atom stereocenters. The number of rotatable bonds is 7. The maximum absolute atomic E-state index is 5.21. The van der Waals surface area contributed by atoms with E-state index in [4.69, 9.17) is 9.72 Å². The minimum absolute atomic E-state index is 0.439. The van der Waals surface area contributed by atoms with Crippen LogP contribution in [0.1, 0.15) is 19.0 Å². The number of likely N-dealkylation sites (N-methyl/N-ethyl adjacent to an activating group) is 1. The smallest absolute Gasteiger partial charge is 0.0705 e. The van der Waals surface area contributed by atoms with Gasteiger partial charge in [-0.1, -0.05) is 31.2 Å². The zero-order valence-corrected chi connectivity index (χ0v) is 12.6. The van der Waals surface area contributed by atoms with E-state index in [0.717, 1.165) is 30.7 Å². The SMILES string of the molecule is CNC(Cc1ccc2ccccc2n1)CC(C)COC. The number of nitrogens with zero attached hydrogens (tertiary/aromatic N) is 1. The maximum Gasteiger partial charge on any atom is 0.0705 e. The van der Waals surface area contributed by atoms with Crippen LogP contribution in [0.2, 0.25) is 0 Å². The Morgan fingerprint density at radius 2 is 2.00 bits per heavy atom. The van der Waals surface area contributed by atoms with Crippen LogP contribution in [-0.4, -0.2) is 31.8 Å². The average molecular weight is 272 g/mol. The molecule has 0 aliphatic heterocycles. The topological polar surface area (TPSA) is 34.2 Å². The van der Waals surface area contributed by atoms with Crippen LogP contribution in [0.25, 0.3) is 10.9 Å². The molecule has 0 bridgehead atoms. The van der Waals surface area contributed by atoms with Crippen LogP contribution < -0.4 is 5.32 Å². The lowest BCUT2D eigenvalue weighted by atomic mass is 9.98. The van der Waals surface area contributed by atoms with E-state index < -0.39 is 0 Å². The third-order valence-electron chi connectivity index (χ3n) is 3.66. The first-order chi connectivity index (χ1) is 9.72. The van der Waals surface area contributed by atoms with Gasteiger partial charge in [0.05, 0.1) is 5.52 Å². The molecule has 1 aromatic heterocycles. The normalized spacial score (nSPS) is 14.3. The van der Waals surface area contributed by atoms with E-state index in [1.54, 1.807) is 7.11 Å². The quantitative estimate of drug-likeness (QED) is 0.841. The molecule has 0 radical (unpaired) electrons. The fourth-order valence-electron chi connectivity index (χ4n) is 2.62. The molecule has 2 aromatic rings. The number of hydrogen-bond acceptors (Lipinski definition) is 3. The van der Waals surface area contributed by atoms with Crippen molar-refractivity contribution in [1.82, 2.24) is 10.3 Å². The molecule has 0 saturated heterocycles. The van der Waals surface area contributed by atoms with Crippen LogP contribution in [0.3, 0.4) is 0 Å². The summed E-state index contributed by atoms with van der Waals surface area (Å²) in [4.78, 5) is 4.74. The van der Waals surface area contributed by atoms with Crippen LogP contribution in [0.5, 0.6) is 0 Å². The van der Waals surface area contributed by atoms with E-state index in [1.165, 1.54) is 5.39 Å². The fraction of sp³-hybridized carbons (Fsp3) is 0.471. The Kier molecular flexibility index (Phi) is 5.50. The molecule has 1 N–H and O–H groups in total. The van der Waals surface area contributed by atoms with E-state index in [0.29, 0.717) is 12.0 Å². The summed E-state index contributed by atoms with van der Waals surface area (Å²) in [5, 5.41) is 4.59. The van der Waals surface area contributed by atoms with Gasteiger partial charge in [0.1, 0.15) is 0 Å². The summed E-state index contributed by atoms with van der Waals surface area (Å²) in [6, 6.07) is 13.0. The molecule has 3 heteroatoms. The van der Waals surface area contributed by atoms with Gasteiger partial charge in [0.15, 0.2) is 0 Å². The van der Waals surface area contributed by atoms with Crippen molar-refractivity contribution in [3.63, 3.8) is 0 Å². The molecule has 0 amide bonds. The van der Waals surface area contributed by atoms with Gasteiger partial charge in [0, 0.05) is 37.3 Å². The Balaban J connectivity index is 2.05. The summed E-state index contributed by atoms with van der Waals surface area (Å²) in [5.74, 6) is 0.554. The summed E-state index contributed by atoms with van der Waals surface area (Å²) in [6.07, 6.45) is 2.05. The number of benzene rings is 1. The third kappa shape index (κ3) is 4.02. The second-order valence-electron chi connectivity index (χ2n) is 5.48. The van der Waals surface area contributed by atoms with Crippen LogP contribution in [0.4, 0.5) is 0 Å². The van der Waals surface area contributed by atoms with Gasteiger partial charge in [0.2, 0.25) is 0 Å². The molecule has 3 nitrogen and oxygen atoms in total. The Bertz CT molecular complexity index is 541. The van der Waals surface area contributed by atoms with Crippen molar-refractivity contribution in [2.75, 3.05) is 20.8 Å². The molecule has 0 spiro atoms. The van der Waals surface area contributed by atoms with E-state index >= 15 is 0 Å². The highest BCUT2D eigenvalue weighted by Crippen LogP contribution is 2.15. The van der Waals surface area contributed by atoms with Crippen molar-refractivity contribution in [3.05, 3.63) is 42.1 Å². The molecule has 108 valence electrons. The van der Waals surface area contributed by atoms with Crippen LogP contribution in [0, 0.1) is 5.92 Å². The van der Waals surface area contributed by atoms with Gasteiger partial charge in [-0.05, 0) is 31.5 Å². The average Bonchev–Trinajstić information content (AvgIpc) is 2.46. The van der Waals surface area contributed by atoms with Crippen LogP contribution in [0.15, 0.2) is 36.4 Å². The van der Waals surface area contributed by atoms with Gasteiger partial charge < -0.3 is 10.1 Å². The van der Waals surface area contributed by atoms with Gasteiger partial charge in [-0.3, -0.25) is 4.98 Å². The van der Waals surface area contributed by atoms with E-state index in [9.17, 15) is 0 Å². The Morgan fingerprint density at radius 3 is 2.75 bits per heavy atom. The van der Waals surface area contributed by atoms with Crippen molar-refractivity contribution in [3.8, 4) is 0 Å². The summed E-state index contributed by atoms with van der Waals surface area (Å²) in [7, 11) is 3.78. The molecular weight excluding hydrogens is 248 g/mol. The van der Waals surface area contributed by atoms with Crippen molar-refractivity contribution < 1.29 is 4.74 Å². The lowest BCUT2D eigenvalue weighted by Crippen LogP contribution is -2.30. The van der Waals surface area contributed by atoms with Crippen molar-refractivity contribution >= 4 is 10.9 Å². The Hall–Kier alpha value is -1.45. The number of pyridine rings is 1. The minimum Gasteiger partial charge on any atom is -0.384 e. The van der Waals surface area contributed by atoms with Gasteiger partial charge >= 0.3 is 0 Å². The molecule has 0 aliphatic carbocycles. The lowest BCUT2D eigenvalue weighted by Gasteiger charge is -2.20. The molecule has 0 aliphatic rings. The number of ether oxygens (including phenoxy) is 1. The number of para-hydroxylation sites is 1. The highest BCUT2D eigenvalue weighted by atomic mass is 16.5. The van der Waals surface area contributed by atoms with Crippen molar-refractivity contribution in [2.45, 2.75) is 25.8 Å². The molecule has 1 heterocycles. The summed E-state index contributed by atoms with van der Waals surface area (Å²) >= 11 is 0. The second kappa shape index (κ2) is 7.36. The van der Waals surface area contributed by atoms with Gasteiger partial charge in [-0.15, -0.1) is 0 Å². The van der Waals surface area contributed by atoms with E-state index in [-0.39, 0.29) is 0 Å². The second-order valence-corrected chi connectivity index (χ2v) is 5.48. The van der Waals surface area contributed by atoms with Gasteiger partial charge in [-0.25, -0.2) is 0 Å². The van der Waals surface area contributed by atoms with Crippen LogP contribution in [-0.2, 0) is 11.2 Å². The third-order valence-corrected chi connectivity index (χ3v) is 3.66. The van der Waals surface area contributed by atoms with Crippen LogP contribution >= 0.6 is 0 Å². The largest absolute Gasteiger partial charge is 0.384 e. The molecular formula is C17H24N2O. The number of aromatic nitrogens is 1. The standard InChI is InChI=1S/C17H24N2O/c1-13(12-20-3)10-16(18-2)11-15-9-8-14-6-4-5-7-17(14)19-15/h4-9,13,16,18H,10-12H2,1-3H3. The zero-order chi connectivity index (χ0) is 14.4. The molecule has 0 saturated carbocycles. The Labute approximate surface area is 121 Å². The predicted molar refractivity (Wildman–Crippen MR) is 84.0 cm³/mol. The highest BCUT2D eigenvalue weighted by molar-refractivity contribution is 5.78. The maximum atomic E-state index is 5.21. The zero-order valence-electron chi connectivity index (χ0n) is 12.6. The molecule has 2 atom stereocenters.